The van der Waals surface area contributed by atoms with Gasteiger partial charge in [0.05, 0.1) is 5.02 Å². The first kappa shape index (κ1) is 11.0. The summed E-state index contributed by atoms with van der Waals surface area (Å²) in [5.41, 5.74) is 2.06. The minimum atomic E-state index is -0.257. The summed E-state index contributed by atoms with van der Waals surface area (Å²) in [4.78, 5) is 0. The molecule has 2 rings (SSSR count). The molecule has 0 aliphatic carbocycles. The number of hydrogen-bond donors (Lipinski definition) is 1. The fourth-order valence-electron chi connectivity index (χ4n) is 1.60. The van der Waals surface area contributed by atoms with Crippen molar-refractivity contribution in [1.29, 1.82) is 0 Å². The minimum absolute atomic E-state index is 0.00262. The highest BCUT2D eigenvalue weighted by molar-refractivity contribution is 6.32. The Hall–Kier alpha value is -1.54. The van der Waals surface area contributed by atoms with Crippen LogP contribution in [0.15, 0.2) is 36.4 Å². The molecule has 2 aromatic rings. The van der Waals surface area contributed by atoms with Gasteiger partial charge >= 0.3 is 0 Å². The molecule has 82 valence electrons. The number of benzene rings is 2. The third-order valence-corrected chi connectivity index (χ3v) is 2.84. The minimum Gasteiger partial charge on any atom is -0.506 e. The predicted octanol–water partition coefficient (Wildman–Crippen LogP) is 4.16. The molecule has 1 nitrogen and oxygen atoms in total. The number of halogens is 2. The van der Waals surface area contributed by atoms with Crippen molar-refractivity contribution in [3.8, 4) is 16.9 Å². The van der Waals surface area contributed by atoms with E-state index >= 15 is 0 Å². The maximum absolute atomic E-state index is 13.4. The summed E-state index contributed by atoms with van der Waals surface area (Å²) >= 11 is 5.72. The molecule has 0 unspecified atom stereocenters. The zero-order chi connectivity index (χ0) is 11.7. The highest BCUT2D eigenvalue weighted by Gasteiger charge is 2.07. The maximum atomic E-state index is 13.4. The molecule has 0 saturated carbocycles. The van der Waals surface area contributed by atoms with Crippen molar-refractivity contribution in [2.75, 3.05) is 0 Å². The van der Waals surface area contributed by atoms with Crippen LogP contribution in [0.1, 0.15) is 5.56 Å². The lowest BCUT2D eigenvalue weighted by Gasteiger charge is -2.07. The molecule has 0 amide bonds. The largest absolute Gasteiger partial charge is 0.506 e. The molecule has 0 bridgehead atoms. The molecular formula is C13H10ClFO. The van der Waals surface area contributed by atoms with Gasteiger partial charge in [-0.15, -0.1) is 0 Å². The van der Waals surface area contributed by atoms with Crippen molar-refractivity contribution in [2.24, 2.45) is 0 Å². The Labute approximate surface area is 98.1 Å². The summed E-state index contributed by atoms with van der Waals surface area (Å²) in [6.07, 6.45) is 0. The molecule has 0 saturated heterocycles. The molecule has 3 heteroatoms. The molecule has 0 fully saturated rings. The van der Waals surface area contributed by atoms with Gasteiger partial charge in [0.1, 0.15) is 11.6 Å². The first-order chi connectivity index (χ1) is 7.59. The van der Waals surface area contributed by atoms with E-state index in [1.54, 1.807) is 31.2 Å². The smallest absolute Gasteiger partial charge is 0.134 e. The molecular weight excluding hydrogens is 227 g/mol. The molecule has 1 N–H and O–H groups in total. The summed E-state index contributed by atoms with van der Waals surface area (Å²) in [5, 5.41) is 9.79. The second kappa shape index (κ2) is 4.14. The quantitative estimate of drug-likeness (QED) is 0.788. The van der Waals surface area contributed by atoms with Crippen molar-refractivity contribution in [2.45, 2.75) is 6.92 Å². The third-order valence-electron chi connectivity index (χ3n) is 2.52. The van der Waals surface area contributed by atoms with Crippen molar-refractivity contribution >= 4 is 11.6 Å². The predicted molar refractivity (Wildman–Crippen MR) is 63.2 cm³/mol. The van der Waals surface area contributed by atoms with Crippen molar-refractivity contribution in [1.82, 2.24) is 0 Å². The average molecular weight is 237 g/mol. The molecule has 0 aliphatic rings. The number of rotatable bonds is 1. The number of aromatic hydroxyl groups is 1. The lowest BCUT2D eigenvalue weighted by atomic mass is 10.0. The van der Waals surface area contributed by atoms with Crippen molar-refractivity contribution in [3.05, 3.63) is 52.8 Å². The summed E-state index contributed by atoms with van der Waals surface area (Å²) in [6.45, 7) is 1.70. The first-order valence-electron chi connectivity index (χ1n) is 4.83. The van der Waals surface area contributed by atoms with E-state index in [4.69, 9.17) is 11.6 Å². The SMILES string of the molecule is Cc1c(F)cccc1-c1ccc(Cl)c(O)c1. The Kier molecular flexibility index (Phi) is 2.84. The van der Waals surface area contributed by atoms with Crippen molar-refractivity contribution < 1.29 is 9.50 Å². The van der Waals surface area contributed by atoms with Crippen LogP contribution in [-0.4, -0.2) is 5.11 Å². The molecule has 0 aliphatic heterocycles. The molecule has 0 heterocycles. The van der Waals surface area contributed by atoms with Crippen LogP contribution in [0.3, 0.4) is 0 Å². The van der Waals surface area contributed by atoms with Gasteiger partial charge in [-0.3, -0.25) is 0 Å². The molecule has 0 aromatic heterocycles. The maximum Gasteiger partial charge on any atom is 0.134 e. The van der Waals surface area contributed by atoms with Crippen LogP contribution in [0.4, 0.5) is 4.39 Å². The van der Waals surface area contributed by atoms with Gasteiger partial charge in [0, 0.05) is 0 Å². The fourth-order valence-corrected chi connectivity index (χ4v) is 1.72. The van der Waals surface area contributed by atoms with Crippen LogP contribution in [0.5, 0.6) is 5.75 Å². The fraction of sp³-hybridized carbons (Fsp3) is 0.0769. The van der Waals surface area contributed by atoms with Crippen LogP contribution in [0.25, 0.3) is 11.1 Å². The average Bonchev–Trinajstić information content (AvgIpc) is 2.26. The summed E-state index contributed by atoms with van der Waals surface area (Å²) in [6, 6.07) is 9.74. The highest BCUT2D eigenvalue weighted by atomic mass is 35.5. The topological polar surface area (TPSA) is 20.2 Å². The third kappa shape index (κ3) is 1.89. The standard InChI is InChI=1S/C13H10ClFO/c1-8-10(3-2-4-12(8)15)9-5-6-11(14)13(16)7-9/h2-7,16H,1H3. The van der Waals surface area contributed by atoms with Crippen LogP contribution in [0.2, 0.25) is 5.02 Å². The van der Waals surface area contributed by atoms with Gasteiger partial charge in [0.2, 0.25) is 0 Å². The van der Waals surface area contributed by atoms with E-state index in [-0.39, 0.29) is 16.6 Å². The Balaban J connectivity index is 2.59. The number of phenols is 1. The Morgan fingerprint density at radius 3 is 2.62 bits per heavy atom. The highest BCUT2D eigenvalue weighted by Crippen LogP contribution is 2.31. The monoisotopic (exact) mass is 236 g/mol. The van der Waals surface area contributed by atoms with Gasteiger partial charge in [0.25, 0.3) is 0 Å². The van der Waals surface area contributed by atoms with Crippen LogP contribution >= 0.6 is 11.6 Å². The number of hydrogen-bond acceptors (Lipinski definition) is 1. The first-order valence-corrected chi connectivity index (χ1v) is 5.21. The van der Waals surface area contributed by atoms with Gasteiger partial charge in [-0.25, -0.2) is 4.39 Å². The Morgan fingerprint density at radius 2 is 1.94 bits per heavy atom. The summed E-state index contributed by atoms with van der Waals surface area (Å²) in [5.74, 6) is -0.255. The van der Waals surface area contributed by atoms with E-state index in [9.17, 15) is 9.50 Å². The van der Waals surface area contributed by atoms with E-state index in [2.05, 4.69) is 0 Å². The summed E-state index contributed by atoms with van der Waals surface area (Å²) < 4.78 is 13.4. The van der Waals surface area contributed by atoms with Crippen LogP contribution < -0.4 is 0 Å². The molecule has 16 heavy (non-hydrogen) atoms. The summed E-state index contributed by atoms with van der Waals surface area (Å²) in [7, 11) is 0. The Bertz CT molecular complexity index is 537. The van der Waals surface area contributed by atoms with E-state index < -0.39 is 0 Å². The van der Waals surface area contributed by atoms with Gasteiger partial charge in [0.15, 0.2) is 0 Å². The van der Waals surface area contributed by atoms with Crippen LogP contribution in [-0.2, 0) is 0 Å². The zero-order valence-corrected chi connectivity index (χ0v) is 9.42. The molecule has 2 aromatic carbocycles. The second-order valence-electron chi connectivity index (χ2n) is 3.58. The van der Waals surface area contributed by atoms with Gasteiger partial charge in [-0.1, -0.05) is 29.8 Å². The number of phenolic OH excluding ortho intramolecular Hbond substituents is 1. The van der Waals surface area contributed by atoms with Crippen LogP contribution in [0, 0.1) is 12.7 Å². The van der Waals surface area contributed by atoms with Crippen molar-refractivity contribution in [3.63, 3.8) is 0 Å². The normalized spacial score (nSPS) is 10.4. The van der Waals surface area contributed by atoms with Gasteiger partial charge in [-0.2, -0.15) is 0 Å². The second-order valence-corrected chi connectivity index (χ2v) is 3.99. The lowest BCUT2D eigenvalue weighted by Crippen LogP contribution is -1.87. The Morgan fingerprint density at radius 1 is 1.19 bits per heavy atom. The zero-order valence-electron chi connectivity index (χ0n) is 8.67. The molecule has 0 atom stereocenters. The van der Waals surface area contributed by atoms with E-state index in [0.717, 1.165) is 11.1 Å². The van der Waals surface area contributed by atoms with E-state index in [0.29, 0.717) is 5.56 Å². The van der Waals surface area contributed by atoms with Gasteiger partial charge in [-0.05, 0) is 41.8 Å². The van der Waals surface area contributed by atoms with E-state index in [1.807, 2.05) is 0 Å². The van der Waals surface area contributed by atoms with E-state index in [1.165, 1.54) is 12.1 Å². The van der Waals surface area contributed by atoms with Gasteiger partial charge < -0.3 is 5.11 Å². The molecule has 0 spiro atoms. The molecule has 0 radical (unpaired) electrons. The lowest BCUT2D eigenvalue weighted by molar-refractivity contribution is 0.476.